The van der Waals surface area contributed by atoms with Gasteiger partial charge in [-0.15, -0.1) is 10.2 Å². The summed E-state index contributed by atoms with van der Waals surface area (Å²) in [6.45, 7) is 0. The summed E-state index contributed by atoms with van der Waals surface area (Å²) < 4.78 is 20.4. The minimum Gasteiger partial charge on any atom is -0.495 e. The van der Waals surface area contributed by atoms with Crippen LogP contribution in [-0.2, 0) is 0 Å². The minimum absolute atomic E-state index is 0.355. The lowest BCUT2D eigenvalue weighted by atomic mass is 10.0. The van der Waals surface area contributed by atoms with E-state index in [1.54, 1.807) is 25.6 Å². The van der Waals surface area contributed by atoms with Gasteiger partial charge >= 0.3 is 0 Å². The van der Waals surface area contributed by atoms with Gasteiger partial charge in [-0.3, -0.25) is 4.98 Å². The molecule has 6 nitrogen and oxygen atoms in total. The molecular weight excluding hydrogens is 485 g/mol. The second-order valence-corrected chi connectivity index (χ2v) is 9.32. The zero-order valence-electron chi connectivity index (χ0n) is 19.7. The van der Waals surface area contributed by atoms with E-state index in [0.29, 0.717) is 33.2 Å². The number of halogens is 1. The third kappa shape index (κ3) is 4.54. The van der Waals surface area contributed by atoms with Crippen LogP contribution in [0.2, 0.25) is 0 Å². The third-order valence-corrected chi connectivity index (χ3v) is 7.00. The number of rotatable bonds is 6. The van der Waals surface area contributed by atoms with Gasteiger partial charge in [-0.25, -0.2) is 9.37 Å². The standard InChI is InChI=1S/C29H20FN5OS/c1-36-20-16-24-28(32-17-20)26(13-14-31-24)37-25-12-11-19(15-23(25)30)33-29-22-10-6-5-9-21(22)27(34-35-29)18-7-3-2-4-8-18/h2-17H,1H3,(H,33,35). The molecule has 0 unspecified atom stereocenters. The van der Waals surface area contributed by atoms with Gasteiger partial charge in [0.1, 0.15) is 22.8 Å². The van der Waals surface area contributed by atoms with Crippen molar-refractivity contribution in [2.75, 3.05) is 12.4 Å². The molecule has 0 fully saturated rings. The normalized spacial score (nSPS) is 11.1. The van der Waals surface area contributed by atoms with Gasteiger partial charge in [-0.05, 0) is 24.3 Å². The average molecular weight is 506 g/mol. The van der Waals surface area contributed by atoms with Gasteiger partial charge < -0.3 is 10.1 Å². The van der Waals surface area contributed by atoms with Crippen molar-refractivity contribution in [2.24, 2.45) is 0 Å². The molecule has 0 aliphatic carbocycles. The lowest BCUT2D eigenvalue weighted by Crippen LogP contribution is -2.00. The number of hydrogen-bond donors (Lipinski definition) is 1. The minimum atomic E-state index is -0.355. The van der Waals surface area contributed by atoms with Gasteiger partial charge in [0, 0.05) is 44.1 Å². The number of anilines is 2. The highest BCUT2D eigenvalue weighted by atomic mass is 32.2. The smallest absolute Gasteiger partial charge is 0.161 e. The van der Waals surface area contributed by atoms with E-state index in [1.807, 2.05) is 72.8 Å². The number of methoxy groups -OCH3 is 1. The van der Waals surface area contributed by atoms with Crippen LogP contribution in [0.1, 0.15) is 0 Å². The zero-order valence-corrected chi connectivity index (χ0v) is 20.5. The molecule has 6 aromatic rings. The number of nitrogens with zero attached hydrogens (tertiary/aromatic N) is 4. The summed E-state index contributed by atoms with van der Waals surface area (Å²) in [4.78, 5) is 10.1. The van der Waals surface area contributed by atoms with E-state index in [4.69, 9.17) is 4.74 Å². The van der Waals surface area contributed by atoms with Crippen molar-refractivity contribution in [3.05, 3.63) is 103 Å². The molecule has 3 heterocycles. The number of ether oxygens (including phenoxy) is 1. The summed E-state index contributed by atoms with van der Waals surface area (Å²) in [5.74, 6) is 0.830. The van der Waals surface area contributed by atoms with E-state index in [2.05, 4.69) is 25.5 Å². The Kier molecular flexibility index (Phi) is 6.08. The van der Waals surface area contributed by atoms with Gasteiger partial charge in [0.05, 0.1) is 18.8 Å². The van der Waals surface area contributed by atoms with E-state index in [0.717, 1.165) is 26.9 Å². The second kappa shape index (κ2) is 9.83. The lowest BCUT2D eigenvalue weighted by Gasteiger charge is -2.12. The first-order chi connectivity index (χ1) is 18.2. The van der Waals surface area contributed by atoms with Crippen LogP contribution in [0.25, 0.3) is 33.1 Å². The molecule has 0 radical (unpaired) electrons. The van der Waals surface area contributed by atoms with Crippen molar-refractivity contribution >= 4 is 45.1 Å². The van der Waals surface area contributed by atoms with Gasteiger partial charge in [0.25, 0.3) is 0 Å². The maximum absolute atomic E-state index is 15.2. The Morgan fingerprint density at radius 3 is 2.43 bits per heavy atom. The average Bonchev–Trinajstić information content (AvgIpc) is 2.95. The molecule has 0 aliphatic rings. The van der Waals surface area contributed by atoms with Gasteiger partial charge in [0.15, 0.2) is 5.82 Å². The fraction of sp³-hybridized carbons (Fsp3) is 0.0345. The highest BCUT2D eigenvalue weighted by Gasteiger charge is 2.13. The Hall–Kier alpha value is -4.56. The van der Waals surface area contributed by atoms with Gasteiger partial charge in [-0.2, -0.15) is 0 Å². The fourth-order valence-corrected chi connectivity index (χ4v) is 5.02. The van der Waals surface area contributed by atoms with Crippen molar-refractivity contribution in [3.8, 4) is 17.0 Å². The predicted molar refractivity (Wildman–Crippen MR) is 145 cm³/mol. The molecule has 3 aromatic carbocycles. The first-order valence-corrected chi connectivity index (χ1v) is 12.4. The lowest BCUT2D eigenvalue weighted by molar-refractivity contribution is 0.413. The Labute approximate surface area is 216 Å². The van der Waals surface area contributed by atoms with Crippen molar-refractivity contribution < 1.29 is 9.13 Å². The number of aromatic nitrogens is 4. The van der Waals surface area contributed by atoms with E-state index in [-0.39, 0.29) is 5.82 Å². The van der Waals surface area contributed by atoms with E-state index >= 15 is 4.39 Å². The van der Waals surface area contributed by atoms with Crippen LogP contribution in [-0.4, -0.2) is 27.3 Å². The molecule has 0 spiro atoms. The maximum atomic E-state index is 15.2. The molecular formula is C29H20FN5OS. The van der Waals surface area contributed by atoms with Crippen LogP contribution < -0.4 is 10.1 Å². The Morgan fingerprint density at radius 1 is 0.811 bits per heavy atom. The number of hydrogen-bond acceptors (Lipinski definition) is 7. The van der Waals surface area contributed by atoms with E-state index < -0.39 is 0 Å². The van der Waals surface area contributed by atoms with Crippen molar-refractivity contribution in [3.63, 3.8) is 0 Å². The number of pyridine rings is 2. The number of benzene rings is 3. The Morgan fingerprint density at radius 2 is 1.62 bits per heavy atom. The molecule has 0 bridgehead atoms. The van der Waals surface area contributed by atoms with E-state index in [9.17, 15) is 0 Å². The predicted octanol–water partition coefficient (Wildman–Crippen LogP) is 7.28. The molecule has 0 amide bonds. The summed E-state index contributed by atoms with van der Waals surface area (Å²) in [5, 5.41) is 14.0. The summed E-state index contributed by atoms with van der Waals surface area (Å²) in [5.41, 5.74) is 3.75. The molecule has 8 heteroatoms. The molecule has 0 saturated carbocycles. The van der Waals surface area contributed by atoms with Crippen LogP contribution in [0.3, 0.4) is 0 Å². The first-order valence-electron chi connectivity index (χ1n) is 11.5. The Bertz CT molecular complexity index is 1750. The number of fused-ring (bicyclic) bond motifs is 2. The summed E-state index contributed by atoms with van der Waals surface area (Å²) >= 11 is 1.30. The van der Waals surface area contributed by atoms with E-state index in [1.165, 1.54) is 17.8 Å². The number of nitrogens with one attached hydrogen (secondary N) is 1. The summed E-state index contributed by atoms with van der Waals surface area (Å²) in [7, 11) is 1.58. The van der Waals surface area contributed by atoms with Crippen LogP contribution >= 0.6 is 11.8 Å². The van der Waals surface area contributed by atoms with Gasteiger partial charge in [0.2, 0.25) is 0 Å². The van der Waals surface area contributed by atoms with Crippen molar-refractivity contribution in [2.45, 2.75) is 9.79 Å². The van der Waals surface area contributed by atoms with Crippen LogP contribution in [0.5, 0.6) is 5.75 Å². The Balaban J connectivity index is 1.30. The van der Waals surface area contributed by atoms with Crippen LogP contribution in [0.15, 0.2) is 107 Å². The largest absolute Gasteiger partial charge is 0.495 e. The molecule has 3 aromatic heterocycles. The molecule has 180 valence electrons. The SMILES string of the molecule is COc1cnc2c(Sc3ccc(Nc4nnc(-c5ccccc5)c5ccccc45)cc3F)ccnc2c1. The zero-order chi connectivity index (χ0) is 25.2. The molecule has 0 atom stereocenters. The van der Waals surface area contributed by atoms with Crippen molar-refractivity contribution in [1.29, 1.82) is 0 Å². The second-order valence-electron chi connectivity index (χ2n) is 8.23. The topological polar surface area (TPSA) is 72.8 Å². The molecule has 37 heavy (non-hydrogen) atoms. The summed E-state index contributed by atoms with van der Waals surface area (Å²) in [6, 6.07) is 26.5. The summed E-state index contributed by atoms with van der Waals surface area (Å²) in [6.07, 6.45) is 3.31. The maximum Gasteiger partial charge on any atom is 0.161 e. The molecule has 0 saturated heterocycles. The monoisotopic (exact) mass is 505 g/mol. The fourth-order valence-electron chi connectivity index (χ4n) is 4.10. The highest BCUT2D eigenvalue weighted by Crippen LogP contribution is 2.36. The highest BCUT2D eigenvalue weighted by molar-refractivity contribution is 7.99. The first kappa shape index (κ1) is 22.9. The van der Waals surface area contributed by atoms with Crippen LogP contribution in [0.4, 0.5) is 15.9 Å². The van der Waals surface area contributed by atoms with Gasteiger partial charge in [-0.1, -0.05) is 66.4 Å². The van der Waals surface area contributed by atoms with Crippen molar-refractivity contribution in [1.82, 2.24) is 20.2 Å². The van der Waals surface area contributed by atoms with Crippen LogP contribution in [0, 0.1) is 5.82 Å². The quantitative estimate of drug-likeness (QED) is 0.255. The molecule has 6 rings (SSSR count). The molecule has 0 aliphatic heterocycles. The third-order valence-electron chi connectivity index (χ3n) is 5.90. The molecule has 1 N–H and O–H groups in total.